The van der Waals surface area contributed by atoms with Gasteiger partial charge in [0, 0.05) is 12.2 Å². The molecule has 2 N–H and O–H groups in total. The van der Waals surface area contributed by atoms with E-state index < -0.39 is 0 Å². The minimum Gasteiger partial charge on any atom is -0.362 e. The molecule has 19 heavy (non-hydrogen) atoms. The van der Waals surface area contributed by atoms with Crippen LogP contribution >= 0.6 is 12.2 Å². The lowest BCUT2D eigenvalue weighted by molar-refractivity contribution is 0.873. The highest BCUT2D eigenvalue weighted by Crippen LogP contribution is 2.09. The predicted octanol–water partition coefficient (Wildman–Crippen LogP) is 3.52. The Labute approximate surface area is 119 Å². The van der Waals surface area contributed by atoms with Gasteiger partial charge >= 0.3 is 0 Å². The summed E-state index contributed by atoms with van der Waals surface area (Å²) in [7, 11) is 0. The van der Waals surface area contributed by atoms with Gasteiger partial charge < -0.3 is 10.6 Å². The third-order valence-corrected chi connectivity index (χ3v) is 3.06. The standard InChI is InChI=1S/C16H18N2S/c1-13-6-5-9-15(12-13)18-16(19)17-11-10-14-7-3-2-4-8-14/h2-9,12H,10-11H2,1H3,(H2,17,18,19). The van der Waals surface area contributed by atoms with Crippen LogP contribution < -0.4 is 10.6 Å². The molecule has 0 saturated heterocycles. The van der Waals surface area contributed by atoms with Crippen LogP contribution in [0.2, 0.25) is 0 Å². The lowest BCUT2D eigenvalue weighted by Gasteiger charge is -2.11. The third-order valence-electron chi connectivity index (χ3n) is 2.82. The van der Waals surface area contributed by atoms with Crippen molar-refractivity contribution < 1.29 is 0 Å². The summed E-state index contributed by atoms with van der Waals surface area (Å²) >= 11 is 5.27. The Bertz CT molecular complexity index is 537. The summed E-state index contributed by atoms with van der Waals surface area (Å²) in [4.78, 5) is 0. The van der Waals surface area contributed by atoms with Gasteiger partial charge in [0.1, 0.15) is 0 Å². The van der Waals surface area contributed by atoms with E-state index in [1.165, 1.54) is 11.1 Å². The van der Waals surface area contributed by atoms with Crippen LogP contribution in [0.25, 0.3) is 0 Å². The number of thiocarbonyl (C=S) groups is 1. The van der Waals surface area contributed by atoms with E-state index in [4.69, 9.17) is 12.2 Å². The molecule has 2 rings (SSSR count). The molecule has 3 heteroatoms. The van der Waals surface area contributed by atoms with Crippen molar-refractivity contribution in [2.75, 3.05) is 11.9 Å². The highest BCUT2D eigenvalue weighted by Gasteiger charge is 1.97. The lowest BCUT2D eigenvalue weighted by atomic mass is 10.1. The monoisotopic (exact) mass is 270 g/mol. The van der Waals surface area contributed by atoms with Gasteiger partial charge in [-0.25, -0.2) is 0 Å². The number of anilines is 1. The van der Waals surface area contributed by atoms with Gasteiger partial charge in [-0.3, -0.25) is 0 Å². The van der Waals surface area contributed by atoms with E-state index in [2.05, 4.69) is 54.0 Å². The largest absolute Gasteiger partial charge is 0.362 e. The normalized spacial score (nSPS) is 9.95. The molecule has 0 atom stereocenters. The van der Waals surface area contributed by atoms with Crippen molar-refractivity contribution in [2.45, 2.75) is 13.3 Å². The topological polar surface area (TPSA) is 24.1 Å². The molecule has 2 nitrogen and oxygen atoms in total. The van der Waals surface area contributed by atoms with Gasteiger partial charge in [0.2, 0.25) is 0 Å². The maximum absolute atomic E-state index is 5.27. The zero-order chi connectivity index (χ0) is 13.5. The van der Waals surface area contributed by atoms with Gasteiger partial charge in [-0.05, 0) is 48.8 Å². The van der Waals surface area contributed by atoms with Crippen molar-refractivity contribution in [3.63, 3.8) is 0 Å². The molecule has 2 aromatic carbocycles. The average Bonchev–Trinajstić information content (AvgIpc) is 2.40. The number of benzene rings is 2. The first-order chi connectivity index (χ1) is 9.24. The van der Waals surface area contributed by atoms with Crippen molar-refractivity contribution >= 4 is 23.0 Å². The fourth-order valence-corrected chi connectivity index (χ4v) is 2.08. The van der Waals surface area contributed by atoms with E-state index >= 15 is 0 Å². The van der Waals surface area contributed by atoms with Crippen LogP contribution in [0, 0.1) is 6.92 Å². The summed E-state index contributed by atoms with van der Waals surface area (Å²) in [6.07, 6.45) is 0.969. The first-order valence-electron chi connectivity index (χ1n) is 6.39. The summed E-state index contributed by atoms with van der Waals surface area (Å²) in [5.41, 5.74) is 3.56. The van der Waals surface area contributed by atoms with Crippen molar-refractivity contribution in [3.8, 4) is 0 Å². The Balaban J connectivity index is 1.76. The zero-order valence-corrected chi connectivity index (χ0v) is 11.8. The molecule has 0 saturated carbocycles. The van der Waals surface area contributed by atoms with Crippen LogP contribution in [0.3, 0.4) is 0 Å². The molecule has 98 valence electrons. The van der Waals surface area contributed by atoms with Gasteiger partial charge in [-0.15, -0.1) is 0 Å². The van der Waals surface area contributed by atoms with Gasteiger partial charge in [-0.2, -0.15) is 0 Å². The van der Waals surface area contributed by atoms with Gasteiger partial charge in [0.05, 0.1) is 0 Å². The molecule has 0 aliphatic heterocycles. The number of nitrogens with one attached hydrogen (secondary N) is 2. The van der Waals surface area contributed by atoms with Gasteiger partial charge in [0.15, 0.2) is 5.11 Å². The van der Waals surface area contributed by atoms with Crippen molar-refractivity contribution in [1.82, 2.24) is 5.32 Å². The molecule has 0 bridgehead atoms. The molecule has 0 fully saturated rings. The minimum atomic E-state index is 0.668. The average molecular weight is 270 g/mol. The van der Waals surface area contributed by atoms with Crippen LogP contribution in [-0.2, 0) is 6.42 Å². The van der Waals surface area contributed by atoms with Gasteiger partial charge in [0.25, 0.3) is 0 Å². The second-order valence-electron chi connectivity index (χ2n) is 4.49. The van der Waals surface area contributed by atoms with E-state index in [-0.39, 0.29) is 0 Å². The number of rotatable bonds is 4. The fourth-order valence-electron chi connectivity index (χ4n) is 1.86. The fraction of sp³-hybridized carbons (Fsp3) is 0.188. The molecule has 0 aromatic heterocycles. The quantitative estimate of drug-likeness (QED) is 0.831. The summed E-state index contributed by atoms with van der Waals surface area (Å²) in [6, 6.07) is 18.6. The lowest BCUT2D eigenvalue weighted by Crippen LogP contribution is -2.30. The van der Waals surface area contributed by atoms with Crippen LogP contribution in [0.4, 0.5) is 5.69 Å². The number of hydrogen-bond acceptors (Lipinski definition) is 1. The Morgan fingerprint density at radius 1 is 1.05 bits per heavy atom. The highest BCUT2D eigenvalue weighted by molar-refractivity contribution is 7.80. The van der Waals surface area contributed by atoms with E-state index in [0.717, 1.165) is 18.7 Å². The Morgan fingerprint density at radius 2 is 1.84 bits per heavy atom. The molecule has 0 aliphatic rings. The van der Waals surface area contributed by atoms with Crippen LogP contribution in [0.15, 0.2) is 54.6 Å². The molecule has 0 aliphatic carbocycles. The first kappa shape index (κ1) is 13.6. The molecule has 0 heterocycles. The SMILES string of the molecule is Cc1cccc(NC(=S)NCCc2ccccc2)c1. The zero-order valence-electron chi connectivity index (χ0n) is 11.0. The number of hydrogen-bond donors (Lipinski definition) is 2. The molecule has 0 spiro atoms. The molecule has 2 aromatic rings. The second-order valence-corrected chi connectivity index (χ2v) is 4.89. The minimum absolute atomic E-state index is 0.668. The van der Waals surface area contributed by atoms with Crippen molar-refractivity contribution in [1.29, 1.82) is 0 Å². The van der Waals surface area contributed by atoms with E-state index in [9.17, 15) is 0 Å². The van der Waals surface area contributed by atoms with E-state index in [0.29, 0.717) is 5.11 Å². The predicted molar refractivity (Wildman–Crippen MR) is 85.5 cm³/mol. The van der Waals surface area contributed by atoms with Crippen molar-refractivity contribution in [3.05, 3.63) is 65.7 Å². The molecular formula is C16H18N2S. The Hall–Kier alpha value is -1.87. The van der Waals surface area contributed by atoms with E-state index in [1.54, 1.807) is 0 Å². The smallest absolute Gasteiger partial charge is 0.170 e. The maximum atomic E-state index is 5.27. The number of aryl methyl sites for hydroxylation is 1. The summed E-state index contributed by atoms with van der Waals surface area (Å²) in [5.74, 6) is 0. The maximum Gasteiger partial charge on any atom is 0.170 e. The Morgan fingerprint density at radius 3 is 2.58 bits per heavy atom. The molecule has 0 amide bonds. The highest BCUT2D eigenvalue weighted by atomic mass is 32.1. The summed E-state index contributed by atoms with van der Waals surface area (Å²) in [5, 5.41) is 7.08. The third kappa shape index (κ3) is 4.72. The molecular weight excluding hydrogens is 252 g/mol. The van der Waals surface area contributed by atoms with Crippen molar-refractivity contribution in [2.24, 2.45) is 0 Å². The molecule has 0 radical (unpaired) electrons. The van der Waals surface area contributed by atoms with Crippen LogP contribution in [0.5, 0.6) is 0 Å². The molecule has 0 unspecified atom stereocenters. The summed E-state index contributed by atoms with van der Waals surface area (Å²) < 4.78 is 0. The van der Waals surface area contributed by atoms with E-state index in [1.807, 2.05) is 18.2 Å². The van der Waals surface area contributed by atoms with Crippen LogP contribution in [0.1, 0.15) is 11.1 Å². The van der Waals surface area contributed by atoms with Gasteiger partial charge in [-0.1, -0.05) is 42.5 Å². The second kappa shape index (κ2) is 6.90. The summed E-state index contributed by atoms with van der Waals surface area (Å²) in [6.45, 7) is 2.90. The first-order valence-corrected chi connectivity index (χ1v) is 6.80. The Kier molecular flexibility index (Phi) is 4.93. The van der Waals surface area contributed by atoms with Crippen LogP contribution in [-0.4, -0.2) is 11.7 Å².